The first-order valence-corrected chi connectivity index (χ1v) is 13.2. The molecule has 0 saturated carbocycles. The van der Waals surface area contributed by atoms with Crippen LogP contribution in [0, 0.1) is 0 Å². The molecule has 0 bridgehead atoms. The number of benzene rings is 1. The molecular formula is C25H25Cl2N9O2S. The second-order valence-electron chi connectivity index (χ2n) is 8.58. The number of methoxy groups -OCH3 is 2. The molecule has 0 unspecified atom stereocenters. The molecule has 0 fully saturated rings. The molecule has 4 aromatic heterocycles. The van der Waals surface area contributed by atoms with Crippen LogP contribution in [-0.4, -0.2) is 66.3 Å². The summed E-state index contributed by atoms with van der Waals surface area (Å²) < 4.78 is 16.7. The molecule has 0 aliphatic heterocycles. The zero-order valence-electron chi connectivity index (χ0n) is 21.8. The summed E-state index contributed by atoms with van der Waals surface area (Å²) in [5, 5.41) is 4.84. The van der Waals surface area contributed by atoms with E-state index in [-0.39, 0.29) is 6.54 Å². The van der Waals surface area contributed by atoms with Crippen molar-refractivity contribution in [3.05, 3.63) is 65.1 Å². The van der Waals surface area contributed by atoms with Gasteiger partial charge in [-0.1, -0.05) is 23.2 Å². The van der Waals surface area contributed by atoms with Crippen LogP contribution in [-0.2, 0) is 13.6 Å². The van der Waals surface area contributed by atoms with Crippen LogP contribution in [0.4, 0.5) is 11.5 Å². The summed E-state index contributed by atoms with van der Waals surface area (Å²) in [5.41, 5.74) is 3.04. The Hall–Kier alpha value is -3.58. The van der Waals surface area contributed by atoms with Gasteiger partial charge in [0.1, 0.15) is 38.7 Å². The Kier molecular flexibility index (Phi) is 7.80. The Morgan fingerprint density at radius 2 is 1.74 bits per heavy atom. The smallest absolute Gasteiger partial charge is 0.180 e. The first-order valence-electron chi connectivity index (χ1n) is 11.7. The average Bonchev–Trinajstić information content (AvgIpc) is 3.55. The number of anilines is 2. The van der Waals surface area contributed by atoms with Crippen LogP contribution >= 0.6 is 35.3 Å². The summed E-state index contributed by atoms with van der Waals surface area (Å²) in [7, 11) is 8.83. The number of halogens is 2. The van der Waals surface area contributed by atoms with Crippen LogP contribution in [0.1, 0.15) is 5.82 Å². The molecule has 0 radical (unpaired) electrons. The minimum absolute atomic E-state index is 0.276. The summed E-state index contributed by atoms with van der Waals surface area (Å²) >= 11 is 15.2. The fourth-order valence-electron chi connectivity index (χ4n) is 3.94. The first kappa shape index (κ1) is 27.0. The van der Waals surface area contributed by atoms with Crippen molar-refractivity contribution in [1.29, 1.82) is 0 Å². The van der Waals surface area contributed by atoms with Gasteiger partial charge in [-0.05, 0) is 26.2 Å². The molecule has 5 rings (SSSR count). The van der Waals surface area contributed by atoms with Crippen LogP contribution < -0.4 is 14.4 Å². The summed E-state index contributed by atoms with van der Waals surface area (Å²) in [6.07, 6.45) is 8.92. The van der Waals surface area contributed by atoms with Gasteiger partial charge in [-0.15, -0.1) is 0 Å². The van der Waals surface area contributed by atoms with E-state index in [1.54, 1.807) is 29.3 Å². The third-order valence-electron chi connectivity index (χ3n) is 5.72. The maximum absolute atomic E-state index is 6.87. The van der Waals surface area contributed by atoms with Crippen molar-refractivity contribution in [2.24, 2.45) is 7.05 Å². The standard InChI is InChI=1S/C25H25Cl2N9O2S/c1-33(2)39-36-9-8-28-21(36)14-35(24-22(26)18(37-4)10-19(38-5)23(24)27)20-7-6-16-25(32-20)31-17(12-29-16)15-11-30-34(3)13-15/h6-13H,14H2,1-5H3. The predicted molar refractivity (Wildman–Crippen MR) is 154 cm³/mol. The minimum atomic E-state index is 0.276. The fourth-order valence-corrected chi connectivity index (χ4v) is 5.30. The molecule has 0 atom stereocenters. The van der Waals surface area contributed by atoms with Crippen molar-refractivity contribution in [3.63, 3.8) is 0 Å². The van der Waals surface area contributed by atoms with E-state index in [0.29, 0.717) is 49.9 Å². The van der Waals surface area contributed by atoms with Gasteiger partial charge in [0.05, 0.1) is 44.5 Å². The molecule has 202 valence electrons. The van der Waals surface area contributed by atoms with Crippen molar-refractivity contribution in [1.82, 2.24) is 38.0 Å². The maximum atomic E-state index is 6.87. The molecule has 0 aliphatic carbocycles. The van der Waals surface area contributed by atoms with E-state index in [0.717, 1.165) is 11.4 Å². The van der Waals surface area contributed by atoms with Crippen molar-refractivity contribution in [2.45, 2.75) is 6.54 Å². The van der Waals surface area contributed by atoms with E-state index in [1.807, 2.05) is 58.8 Å². The lowest BCUT2D eigenvalue weighted by atomic mass is 10.2. The first-order chi connectivity index (χ1) is 18.8. The third-order valence-corrected chi connectivity index (χ3v) is 7.29. The van der Waals surface area contributed by atoms with E-state index >= 15 is 0 Å². The number of imidazole rings is 1. The average molecular weight is 587 g/mol. The second kappa shape index (κ2) is 11.3. The summed E-state index contributed by atoms with van der Waals surface area (Å²) in [6, 6.07) is 5.34. The van der Waals surface area contributed by atoms with Gasteiger partial charge in [-0.3, -0.25) is 13.6 Å². The van der Waals surface area contributed by atoms with Gasteiger partial charge >= 0.3 is 0 Å². The normalized spacial score (nSPS) is 11.4. The van der Waals surface area contributed by atoms with Gasteiger partial charge in [0.25, 0.3) is 0 Å². The number of aryl methyl sites for hydroxylation is 1. The number of aromatic nitrogens is 7. The van der Waals surface area contributed by atoms with Crippen LogP contribution in [0.5, 0.6) is 11.5 Å². The molecule has 0 amide bonds. The Labute approximate surface area is 239 Å². The summed E-state index contributed by atoms with van der Waals surface area (Å²) in [5.74, 6) is 2.08. The highest BCUT2D eigenvalue weighted by Crippen LogP contribution is 2.48. The highest BCUT2D eigenvalue weighted by atomic mass is 35.5. The van der Waals surface area contributed by atoms with Crippen LogP contribution in [0.2, 0.25) is 10.0 Å². The Balaban J connectivity index is 1.68. The lowest BCUT2D eigenvalue weighted by Crippen LogP contribution is -2.22. The van der Waals surface area contributed by atoms with Crippen LogP contribution in [0.15, 0.2) is 49.2 Å². The van der Waals surface area contributed by atoms with Crippen molar-refractivity contribution in [3.8, 4) is 22.8 Å². The largest absolute Gasteiger partial charge is 0.495 e. The molecule has 4 heterocycles. The van der Waals surface area contributed by atoms with Crippen molar-refractivity contribution >= 4 is 58.0 Å². The quantitative estimate of drug-likeness (QED) is 0.213. The van der Waals surface area contributed by atoms with Gasteiger partial charge in [0.15, 0.2) is 5.65 Å². The highest BCUT2D eigenvalue weighted by Gasteiger charge is 2.26. The molecular weight excluding hydrogens is 561 g/mol. The minimum Gasteiger partial charge on any atom is -0.495 e. The zero-order chi connectivity index (χ0) is 27.7. The summed E-state index contributed by atoms with van der Waals surface area (Å²) in [6.45, 7) is 0.276. The number of rotatable bonds is 9. The van der Waals surface area contributed by atoms with Gasteiger partial charge in [-0.2, -0.15) is 5.10 Å². The van der Waals surface area contributed by atoms with Crippen LogP contribution in [0.3, 0.4) is 0 Å². The molecule has 39 heavy (non-hydrogen) atoms. The zero-order valence-corrected chi connectivity index (χ0v) is 24.2. The lowest BCUT2D eigenvalue weighted by Gasteiger charge is -2.27. The van der Waals surface area contributed by atoms with Gasteiger partial charge < -0.3 is 14.4 Å². The Bertz CT molecular complexity index is 1610. The Morgan fingerprint density at radius 1 is 1.00 bits per heavy atom. The molecule has 14 heteroatoms. The molecule has 0 spiro atoms. The number of hydrogen-bond donors (Lipinski definition) is 0. The van der Waals surface area contributed by atoms with Crippen molar-refractivity contribution in [2.75, 3.05) is 33.2 Å². The number of ether oxygens (including phenoxy) is 2. The van der Waals surface area contributed by atoms with Crippen LogP contribution in [0.25, 0.3) is 22.4 Å². The molecule has 0 N–H and O–H groups in total. The molecule has 5 aromatic rings. The number of nitrogens with zero attached hydrogens (tertiary/aromatic N) is 9. The van der Waals surface area contributed by atoms with E-state index in [2.05, 4.69) is 15.1 Å². The topological polar surface area (TPSA) is 99.2 Å². The summed E-state index contributed by atoms with van der Waals surface area (Å²) in [4.78, 5) is 20.6. The predicted octanol–water partition coefficient (Wildman–Crippen LogP) is 5.26. The third kappa shape index (κ3) is 5.46. The maximum Gasteiger partial charge on any atom is 0.180 e. The number of fused-ring (bicyclic) bond motifs is 1. The van der Waals surface area contributed by atoms with E-state index in [1.165, 1.54) is 26.4 Å². The van der Waals surface area contributed by atoms with Gasteiger partial charge in [-0.25, -0.2) is 19.3 Å². The highest BCUT2D eigenvalue weighted by molar-refractivity contribution is 7.95. The molecule has 11 nitrogen and oxygen atoms in total. The van der Waals surface area contributed by atoms with E-state index in [9.17, 15) is 0 Å². The van der Waals surface area contributed by atoms with Gasteiger partial charge in [0, 0.05) is 49.4 Å². The fraction of sp³-hybridized carbons (Fsp3) is 0.240. The molecule has 0 aliphatic rings. The Morgan fingerprint density at radius 3 is 2.38 bits per heavy atom. The SMILES string of the molecule is COc1cc(OC)c(Cl)c(N(Cc2nccn2SN(C)C)c2ccc3ncc(-c4cnn(C)c4)nc3n2)c1Cl. The lowest BCUT2D eigenvalue weighted by molar-refractivity contribution is 0.394. The number of hydrogen-bond acceptors (Lipinski definition) is 10. The van der Waals surface area contributed by atoms with Gasteiger partial charge in [0.2, 0.25) is 0 Å². The molecule has 1 aromatic carbocycles. The molecule has 0 saturated heterocycles. The number of pyridine rings is 1. The van der Waals surface area contributed by atoms with E-state index < -0.39 is 0 Å². The second-order valence-corrected chi connectivity index (χ2v) is 10.6. The van der Waals surface area contributed by atoms with E-state index in [4.69, 9.17) is 42.6 Å². The monoisotopic (exact) mass is 585 g/mol. The van der Waals surface area contributed by atoms with Crippen molar-refractivity contribution < 1.29 is 9.47 Å².